The van der Waals surface area contributed by atoms with Crippen LogP contribution in [0.1, 0.15) is 12.5 Å². The Morgan fingerprint density at radius 3 is 2.65 bits per heavy atom. The van der Waals surface area contributed by atoms with Crippen LogP contribution in [0.5, 0.6) is 0 Å². The molecule has 1 saturated heterocycles. The molecule has 2 heterocycles. The van der Waals surface area contributed by atoms with Crippen molar-refractivity contribution in [2.75, 3.05) is 13.1 Å². The third-order valence-electron chi connectivity index (χ3n) is 3.49. The minimum atomic E-state index is -0.0245. The Morgan fingerprint density at radius 1 is 1.26 bits per heavy atom. The van der Waals surface area contributed by atoms with Crippen LogP contribution in [0.25, 0.3) is 4.91 Å². The van der Waals surface area contributed by atoms with Gasteiger partial charge in [-0.2, -0.15) is 0 Å². The topological polar surface area (TPSA) is 23.6 Å². The van der Waals surface area contributed by atoms with Crippen LogP contribution in [0.15, 0.2) is 59.1 Å². The summed E-state index contributed by atoms with van der Waals surface area (Å²) in [6.07, 6.45) is 3.81. The van der Waals surface area contributed by atoms with Crippen molar-refractivity contribution < 1.29 is 4.79 Å². The molecule has 0 unspecified atom stereocenters. The second kappa shape index (κ2) is 6.95. The van der Waals surface area contributed by atoms with Gasteiger partial charge in [0.25, 0.3) is 5.91 Å². The number of thiocarbonyl (C=S) groups is 1. The standard InChI is InChI=1S/C17H16N2OS3/c1-3-10-19-15(20)14(23-17(19)21)16-18(4-2)11-13(22-16)12-8-6-5-7-9-12/h3,5-9,11H,1,4,10H2,2H3/b16-14-. The molecule has 0 N–H and O–H groups in total. The lowest BCUT2D eigenvalue weighted by Gasteiger charge is -2.16. The van der Waals surface area contributed by atoms with Crippen molar-refractivity contribution in [3.05, 3.63) is 64.7 Å². The van der Waals surface area contributed by atoms with Crippen LogP contribution in [0.4, 0.5) is 0 Å². The van der Waals surface area contributed by atoms with Gasteiger partial charge in [-0.05, 0) is 12.5 Å². The Hall–Kier alpha value is -1.50. The number of carbonyl (C=O) groups is 1. The predicted octanol–water partition coefficient (Wildman–Crippen LogP) is 4.27. The maximum Gasteiger partial charge on any atom is 0.269 e. The van der Waals surface area contributed by atoms with E-state index in [1.807, 2.05) is 18.2 Å². The van der Waals surface area contributed by atoms with Gasteiger partial charge in [0.2, 0.25) is 0 Å². The summed E-state index contributed by atoms with van der Waals surface area (Å²) in [5, 5.41) is 0.968. The molecule has 3 rings (SSSR count). The summed E-state index contributed by atoms with van der Waals surface area (Å²) in [6, 6.07) is 10.2. The number of hydrogen-bond acceptors (Lipinski definition) is 5. The highest BCUT2D eigenvalue weighted by Crippen LogP contribution is 2.47. The maximum absolute atomic E-state index is 12.6. The van der Waals surface area contributed by atoms with E-state index in [1.165, 1.54) is 11.8 Å². The lowest BCUT2D eigenvalue weighted by atomic mass is 10.2. The number of carbonyl (C=O) groups excluding carboxylic acids is 1. The molecule has 0 aromatic heterocycles. The van der Waals surface area contributed by atoms with Gasteiger partial charge in [-0.25, -0.2) is 0 Å². The number of amides is 1. The zero-order chi connectivity index (χ0) is 16.4. The van der Waals surface area contributed by atoms with Crippen molar-refractivity contribution in [2.45, 2.75) is 6.92 Å². The van der Waals surface area contributed by atoms with Crippen LogP contribution < -0.4 is 0 Å². The number of thioether (sulfide) groups is 2. The van der Waals surface area contributed by atoms with Crippen molar-refractivity contribution in [1.29, 1.82) is 0 Å². The highest BCUT2D eigenvalue weighted by atomic mass is 32.2. The molecule has 118 valence electrons. The minimum Gasteiger partial charge on any atom is -0.341 e. The normalized spacial score (nSPS) is 21.2. The van der Waals surface area contributed by atoms with E-state index in [0.717, 1.165) is 22.0 Å². The Balaban J connectivity index is 1.93. The molecule has 1 aromatic rings. The van der Waals surface area contributed by atoms with Gasteiger partial charge >= 0.3 is 0 Å². The molecule has 1 fully saturated rings. The number of benzene rings is 1. The predicted molar refractivity (Wildman–Crippen MR) is 104 cm³/mol. The van der Waals surface area contributed by atoms with Gasteiger partial charge in [0.1, 0.15) is 9.23 Å². The smallest absolute Gasteiger partial charge is 0.269 e. The van der Waals surface area contributed by atoms with Gasteiger partial charge in [-0.3, -0.25) is 9.69 Å². The molecule has 6 heteroatoms. The quantitative estimate of drug-likeness (QED) is 0.453. The minimum absolute atomic E-state index is 0.0245. The molecule has 0 bridgehead atoms. The van der Waals surface area contributed by atoms with E-state index in [4.69, 9.17) is 12.2 Å². The van der Waals surface area contributed by atoms with Crippen LogP contribution in [0.2, 0.25) is 0 Å². The second-order valence-corrected chi connectivity index (χ2v) is 7.63. The largest absolute Gasteiger partial charge is 0.341 e. The lowest BCUT2D eigenvalue weighted by molar-refractivity contribution is -0.121. The lowest BCUT2D eigenvalue weighted by Crippen LogP contribution is -2.28. The highest BCUT2D eigenvalue weighted by molar-refractivity contribution is 8.27. The van der Waals surface area contributed by atoms with Gasteiger partial charge in [-0.1, -0.05) is 72.1 Å². The third-order valence-corrected chi connectivity index (χ3v) is 6.25. The third kappa shape index (κ3) is 3.11. The van der Waals surface area contributed by atoms with Crippen molar-refractivity contribution in [3.63, 3.8) is 0 Å². The molecule has 0 radical (unpaired) electrons. The van der Waals surface area contributed by atoms with Crippen molar-refractivity contribution in [1.82, 2.24) is 9.80 Å². The van der Waals surface area contributed by atoms with Crippen molar-refractivity contribution >= 4 is 50.9 Å². The molecule has 3 nitrogen and oxygen atoms in total. The molecule has 1 aromatic carbocycles. The van der Waals surface area contributed by atoms with E-state index in [9.17, 15) is 4.79 Å². The van der Waals surface area contributed by atoms with Crippen molar-refractivity contribution in [3.8, 4) is 0 Å². The van der Waals surface area contributed by atoms with E-state index >= 15 is 0 Å². The van der Waals surface area contributed by atoms with Crippen LogP contribution in [0, 0.1) is 0 Å². The van der Waals surface area contributed by atoms with Gasteiger partial charge < -0.3 is 4.90 Å². The van der Waals surface area contributed by atoms with Crippen LogP contribution in [-0.2, 0) is 4.79 Å². The van der Waals surface area contributed by atoms with Crippen LogP contribution in [-0.4, -0.2) is 33.1 Å². The number of nitrogens with zero attached hydrogens (tertiary/aromatic N) is 2. The molecule has 0 saturated carbocycles. The molecule has 1 amide bonds. The molecule has 23 heavy (non-hydrogen) atoms. The number of rotatable bonds is 4. The zero-order valence-corrected chi connectivity index (χ0v) is 15.1. The fourth-order valence-corrected chi connectivity index (χ4v) is 4.97. The molecule has 0 atom stereocenters. The summed E-state index contributed by atoms with van der Waals surface area (Å²) in [5.74, 6) is -0.0245. The first-order chi connectivity index (χ1) is 11.2. The summed E-state index contributed by atoms with van der Waals surface area (Å²) < 4.78 is 0.599. The van der Waals surface area contributed by atoms with E-state index in [0.29, 0.717) is 15.8 Å². The first-order valence-corrected chi connectivity index (χ1v) is 9.30. The zero-order valence-electron chi connectivity index (χ0n) is 12.7. The fourth-order valence-electron chi connectivity index (χ4n) is 2.35. The average Bonchev–Trinajstić information content (AvgIpc) is 3.12. The summed E-state index contributed by atoms with van der Waals surface area (Å²) in [5.41, 5.74) is 1.16. The molecular weight excluding hydrogens is 344 g/mol. The summed E-state index contributed by atoms with van der Waals surface area (Å²) in [4.78, 5) is 18.2. The van der Waals surface area contributed by atoms with Gasteiger partial charge in [0, 0.05) is 24.2 Å². The molecular formula is C17H16N2OS3. The van der Waals surface area contributed by atoms with Crippen LogP contribution >= 0.6 is 35.7 Å². The molecule has 2 aliphatic heterocycles. The Morgan fingerprint density at radius 2 is 2.00 bits per heavy atom. The van der Waals surface area contributed by atoms with E-state index in [1.54, 1.807) is 22.7 Å². The first kappa shape index (κ1) is 16.4. The Labute approximate surface area is 150 Å². The van der Waals surface area contributed by atoms with Gasteiger partial charge in [0.15, 0.2) is 0 Å². The maximum atomic E-state index is 12.6. The van der Waals surface area contributed by atoms with E-state index in [-0.39, 0.29) is 5.91 Å². The average molecular weight is 361 g/mol. The summed E-state index contributed by atoms with van der Waals surface area (Å²) >= 11 is 8.35. The summed E-state index contributed by atoms with van der Waals surface area (Å²) in [6.45, 7) is 7.04. The fraction of sp³-hybridized carbons (Fsp3) is 0.176. The van der Waals surface area contributed by atoms with Crippen molar-refractivity contribution in [2.24, 2.45) is 0 Å². The molecule has 2 aliphatic rings. The van der Waals surface area contributed by atoms with E-state index in [2.05, 4.69) is 36.7 Å². The summed E-state index contributed by atoms with van der Waals surface area (Å²) in [7, 11) is 0. The Kier molecular flexibility index (Phi) is 4.94. The molecule has 0 spiro atoms. The highest BCUT2D eigenvalue weighted by Gasteiger charge is 2.37. The number of hydrogen-bond donors (Lipinski definition) is 0. The molecule has 0 aliphatic carbocycles. The Bertz CT molecular complexity index is 725. The van der Waals surface area contributed by atoms with Crippen LogP contribution in [0.3, 0.4) is 0 Å². The first-order valence-electron chi connectivity index (χ1n) is 7.26. The van der Waals surface area contributed by atoms with Gasteiger partial charge in [0.05, 0.1) is 5.03 Å². The monoisotopic (exact) mass is 360 g/mol. The van der Waals surface area contributed by atoms with E-state index < -0.39 is 0 Å². The van der Waals surface area contributed by atoms with Gasteiger partial charge in [-0.15, -0.1) is 6.58 Å². The SMILES string of the molecule is C=CCN1C(=O)/C(=C2/SC(c3ccccc3)=CN2CC)SC1=S. The second-order valence-electron chi connectivity index (χ2n) is 4.95.